The predicted octanol–water partition coefficient (Wildman–Crippen LogP) is 6.40. The molecule has 4 heterocycles. The average molecular weight is 595 g/mol. The van der Waals surface area contributed by atoms with E-state index in [0.29, 0.717) is 23.4 Å². The van der Waals surface area contributed by atoms with Crippen LogP contribution in [0.4, 0.5) is 0 Å². The topological polar surface area (TPSA) is 61.3 Å². The summed E-state index contributed by atoms with van der Waals surface area (Å²) < 4.78 is 28.4. The Balaban J connectivity index is 1.24. The Hall–Kier alpha value is -3.39. The van der Waals surface area contributed by atoms with Gasteiger partial charge in [0.05, 0.1) is 16.2 Å². The second kappa shape index (κ2) is 11.6. The summed E-state index contributed by atoms with van der Waals surface area (Å²) in [5.74, 6) is 0.104. The Labute approximate surface area is 255 Å². The summed E-state index contributed by atoms with van der Waals surface area (Å²) in [5, 5.41) is 2.54. The van der Waals surface area contributed by atoms with Crippen LogP contribution in [0.2, 0.25) is 0 Å². The lowest BCUT2D eigenvalue weighted by Gasteiger charge is -2.19. The highest BCUT2D eigenvalue weighted by Crippen LogP contribution is 2.32. The highest BCUT2D eigenvalue weighted by atomic mass is 32.2. The van der Waals surface area contributed by atoms with Crippen molar-refractivity contribution in [3.8, 4) is 5.69 Å². The molecule has 0 spiro atoms. The van der Waals surface area contributed by atoms with Crippen LogP contribution in [-0.4, -0.2) is 72.8 Å². The number of likely N-dealkylation sites (N-methyl/N-ethyl adjacent to an activating group) is 2. The molecular formula is C36H42N4O2S. The van der Waals surface area contributed by atoms with Gasteiger partial charge < -0.3 is 19.4 Å². The normalized spacial score (nSPS) is 20.1. The fourth-order valence-corrected chi connectivity index (χ4v) is 8.65. The lowest BCUT2D eigenvalue weighted by molar-refractivity contribution is 0.310. The zero-order valence-corrected chi connectivity index (χ0v) is 26.1. The lowest BCUT2D eigenvalue weighted by Crippen LogP contribution is -2.26. The molecule has 224 valence electrons. The molecule has 2 aliphatic heterocycles. The average Bonchev–Trinajstić information content (AvgIpc) is 3.81. The number of rotatable bonds is 9. The maximum absolute atomic E-state index is 13.0. The van der Waals surface area contributed by atoms with E-state index in [2.05, 4.69) is 82.2 Å². The van der Waals surface area contributed by atoms with Crippen LogP contribution in [-0.2, 0) is 29.1 Å². The van der Waals surface area contributed by atoms with Crippen LogP contribution in [0.3, 0.4) is 0 Å². The van der Waals surface area contributed by atoms with Crippen molar-refractivity contribution in [3.05, 3.63) is 95.8 Å². The van der Waals surface area contributed by atoms with Gasteiger partial charge in [-0.1, -0.05) is 24.3 Å². The van der Waals surface area contributed by atoms with E-state index in [1.807, 2.05) is 6.07 Å². The van der Waals surface area contributed by atoms with Crippen LogP contribution in [0.1, 0.15) is 42.4 Å². The van der Waals surface area contributed by atoms with Crippen LogP contribution >= 0.6 is 0 Å². The molecule has 43 heavy (non-hydrogen) atoms. The molecule has 0 radical (unpaired) electrons. The minimum absolute atomic E-state index is 0.104. The number of nitrogens with one attached hydrogen (secondary N) is 1. The quantitative estimate of drug-likeness (QED) is 0.215. The third-order valence-corrected chi connectivity index (χ3v) is 11.7. The first-order valence-electron chi connectivity index (χ1n) is 15.8. The Morgan fingerprint density at radius 1 is 0.814 bits per heavy atom. The van der Waals surface area contributed by atoms with E-state index < -0.39 is 9.84 Å². The number of nitrogens with zero attached hydrogens (tertiary/aromatic N) is 3. The summed E-state index contributed by atoms with van der Waals surface area (Å²) >= 11 is 0. The number of aromatic amines is 1. The number of aryl methyl sites for hydroxylation is 1. The molecule has 3 aromatic carbocycles. The number of hydrogen-bond donors (Lipinski definition) is 1. The van der Waals surface area contributed by atoms with E-state index in [0.717, 1.165) is 24.9 Å². The van der Waals surface area contributed by atoms with E-state index in [9.17, 15) is 8.42 Å². The first-order valence-corrected chi connectivity index (χ1v) is 17.4. The van der Waals surface area contributed by atoms with E-state index >= 15 is 0 Å². The summed E-state index contributed by atoms with van der Waals surface area (Å²) in [6.45, 7) is 2.34. The minimum atomic E-state index is -3.34. The number of H-pyrrole nitrogens is 1. The number of aromatic nitrogens is 2. The Bertz CT molecular complexity index is 1860. The summed E-state index contributed by atoms with van der Waals surface area (Å²) in [6, 6.07) is 23.3. The summed E-state index contributed by atoms with van der Waals surface area (Å²) in [7, 11) is 1.15. The monoisotopic (exact) mass is 594 g/mol. The summed E-state index contributed by atoms with van der Waals surface area (Å²) in [6.07, 6.45) is 12.1. The number of likely N-dealkylation sites (tertiary alicyclic amines) is 2. The molecule has 2 atom stereocenters. The third-order valence-electron chi connectivity index (χ3n) is 10.00. The number of benzene rings is 3. The maximum Gasteiger partial charge on any atom is 0.178 e. The fraction of sp³-hybridized carbons (Fsp3) is 0.389. The Morgan fingerprint density at radius 2 is 1.53 bits per heavy atom. The SMILES string of the molecule is CN1CCC[C@@H]1Cc1c[nH]c2ccc(-n3cc(C[C@H]4CCCN4C)c4cc(CCS(=O)(=O)c5ccccc5)ccc43)cc12. The van der Waals surface area contributed by atoms with Gasteiger partial charge in [-0.05, 0) is 131 Å². The molecule has 6 nitrogen and oxygen atoms in total. The van der Waals surface area contributed by atoms with Gasteiger partial charge >= 0.3 is 0 Å². The van der Waals surface area contributed by atoms with Gasteiger partial charge in [0.25, 0.3) is 0 Å². The van der Waals surface area contributed by atoms with Crippen molar-refractivity contribution in [1.82, 2.24) is 19.4 Å². The second-order valence-electron chi connectivity index (χ2n) is 12.8. The molecule has 0 saturated carbocycles. The third kappa shape index (κ3) is 5.66. The van der Waals surface area contributed by atoms with Crippen LogP contribution in [0.5, 0.6) is 0 Å². The lowest BCUT2D eigenvalue weighted by atomic mass is 10.0. The second-order valence-corrected chi connectivity index (χ2v) is 14.9. The molecule has 0 bridgehead atoms. The molecule has 2 aromatic heterocycles. The van der Waals surface area contributed by atoms with E-state index in [1.165, 1.54) is 70.8 Å². The van der Waals surface area contributed by atoms with Crippen LogP contribution < -0.4 is 0 Å². The standard InChI is InChI=1S/C36H42N4O2S/c1-38-17-6-8-29(38)21-27-24-37-35-14-13-31(23-33(27)35)40-25-28(22-30-9-7-18-39(30)2)34-20-26(12-15-36(34)40)16-19-43(41,42)32-10-4-3-5-11-32/h3-5,10-15,20,23-25,29-30,37H,6-9,16-19,21-22H2,1-2H3/t29-,30-/m1/s1. The Kier molecular flexibility index (Phi) is 7.66. The smallest absolute Gasteiger partial charge is 0.178 e. The molecule has 1 N–H and O–H groups in total. The van der Waals surface area contributed by atoms with Gasteiger partial charge in [-0.3, -0.25) is 0 Å². The maximum atomic E-state index is 13.0. The van der Waals surface area contributed by atoms with Gasteiger partial charge in [0.15, 0.2) is 9.84 Å². The predicted molar refractivity (Wildman–Crippen MR) is 176 cm³/mol. The molecule has 2 fully saturated rings. The Morgan fingerprint density at radius 3 is 2.23 bits per heavy atom. The molecule has 2 saturated heterocycles. The van der Waals surface area contributed by atoms with E-state index in [4.69, 9.17) is 0 Å². The molecular weight excluding hydrogens is 552 g/mol. The van der Waals surface area contributed by atoms with Gasteiger partial charge in [0.1, 0.15) is 0 Å². The van der Waals surface area contributed by atoms with Crippen molar-refractivity contribution < 1.29 is 8.42 Å². The molecule has 2 aliphatic rings. The first kappa shape index (κ1) is 28.4. The highest BCUT2D eigenvalue weighted by Gasteiger charge is 2.25. The first-order chi connectivity index (χ1) is 20.9. The minimum Gasteiger partial charge on any atom is -0.361 e. The molecule has 7 rings (SSSR count). The molecule has 5 aromatic rings. The van der Waals surface area contributed by atoms with E-state index in [1.54, 1.807) is 24.3 Å². The number of sulfone groups is 1. The van der Waals surface area contributed by atoms with Gasteiger partial charge in [-0.2, -0.15) is 0 Å². The highest BCUT2D eigenvalue weighted by molar-refractivity contribution is 7.91. The van der Waals surface area contributed by atoms with Gasteiger partial charge in [-0.15, -0.1) is 0 Å². The molecule has 7 heteroatoms. The number of fused-ring (bicyclic) bond motifs is 2. The zero-order valence-electron chi connectivity index (χ0n) is 25.3. The zero-order chi connectivity index (χ0) is 29.6. The van der Waals surface area contributed by atoms with E-state index in [-0.39, 0.29) is 5.75 Å². The molecule has 0 unspecified atom stereocenters. The van der Waals surface area contributed by atoms with Gasteiger partial charge in [0, 0.05) is 46.5 Å². The van der Waals surface area contributed by atoms with Crippen molar-refractivity contribution in [3.63, 3.8) is 0 Å². The van der Waals surface area contributed by atoms with Crippen LogP contribution in [0, 0.1) is 0 Å². The molecule has 0 aliphatic carbocycles. The van der Waals surface area contributed by atoms with Crippen LogP contribution in [0.15, 0.2) is 84.0 Å². The number of hydrogen-bond acceptors (Lipinski definition) is 4. The van der Waals surface area contributed by atoms with Crippen LogP contribution in [0.25, 0.3) is 27.5 Å². The largest absolute Gasteiger partial charge is 0.361 e. The van der Waals surface area contributed by atoms with Gasteiger partial charge in [-0.25, -0.2) is 8.42 Å². The van der Waals surface area contributed by atoms with Crippen molar-refractivity contribution in [2.75, 3.05) is 32.9 Å². The molecule has 0 amide bonds. The summed E-state index contributed by atoms with van der Waals surface area (Å²) in [4.78, 5) is 8.89. The fourth-order valence-electron chi connectivity index (χ4n) is 7.34. The van der Waals surface area contributed by atoms with Crippen molar-refractivity contribution in [2.45, 2.75) is 61.9 Å². The van der Waals surface area contributed by atoms with Crippen molar-refractivity contribution in [1.29, 1.82) is 0 Å². The van der Waals surface area contributed by atoms with Crippen molar-refractivity contribution in [2.24, 2.45) is 0 Å². The van der Waals surface area contributed by atoms with Crippen molar-refractivity contribution >= 4 is 31.6 Å². The van der Waals surface area contributed by atoms with Gasteiger partial charge in [0.2, 0.25) is 0 Å². The summed E-state index contributed by atoms with van der Waals surface area (Å²) in [5.41, 5.74) is 7.33.